The summed E-state index contributed by atoms with van der Waals surface area (Å²) in [5.74, 6) is -3.11. The number of carbonyl (C=O) groups is 3. The van der Waals surface area contributed by atoms with E-state index in [1.807, 2.05) is 88.0 Å². The maximum absolute atomic E-state index is 16.3. The van der Waals surface area contributed by atoms with Crippen molar-refractivity contribution >= 4 is 40.0 Å². The van der Waals surface area contributed by atoms with Crippen LogP contribution in [-0.4, -0.2) is 85.6 Å². The number of thiazole rings is 1. The number of H-pyrrole nitrogens is 1. The summed E-state index contributed by atoms with van der Waals surface area (Å²) in [4.78, 5) is 53.4. The number of carbonyl (C=O) groups excluding carboxylic acids is 3. The van der Waals surface area contributed by atoms with Gasteiger partial charge in [-0.25, -0.2) is 18.2 Å². The number of likely N-dealkylation sites (tertiary alicyclic amines) is 1. The first-order chi connectivity index (χ1) is 31.8. The Kier molecular flexibility index (Phi) is 13.4. The molecule has 4 heterocycles. The van der Waals surface area contributed by atoms with Crippen molar-refractivity contribution in [3.63, 3.8) is 0 Å². The molecule has 2 aliphatic heterocycles. The van der Waals surface area contributed by atoms with Gasteiger partial charge >= 0.3 is 0 Å². The lowest BCUT2D eigenvalue weighted by Crippen LogP contribution is -2.57. The predicted octanol–water partition coefficient (Wildman–Crippen LogP) is 8.96. The third-order valence-corrected chi connectivity index (χ3v) is 13.7. The monoisotopic (exact) mass is 934 g/mol. The summed E-state index contributed by atoms with van der Waals surface area (Å²) in [6.07, 6.45) is -0.274. The van der Waals surface area contributed by atoms with E-state index in [0.29, 0.717) is 17.7 Å². The Morgan fingerprint density at radius 3 is 2.28 bits per heavy atom. The molecule has 5 atom stereocenters. The standard InChI is InChI=1S/C52H57F3N6O5S/c1-29-20-38-37-10-8-9-11-41(37)58-44(38)45(61(29)27-52(6,7)55)43-39(53)22-36(23-40(43)54)66-26-32-14-18-34(19-15-32)48(63)59-47(51(3,4)5)50(65)60-25-35(62)21-42(60)49(64)56-24-31-12-16-33(17-13-31)46-30(2)57-28-67-46/h8-19,22-23,28-29,35,42,45,47,58,62H,20-21,24-27H2,1-7H3,(H,56,64)(H,59,63)/t29-,35-,42+,45-,47?/m1/s1. The van der Waals surface area contributed by atoms with Crippen molar-refractivity contribution in [1.82, 2.24) is 30.4 Å². The van der Waals surface area contributed by atoms with Gasteiger partial charge in [0, 0.05) is 72.0 Å². The van der Waals surface area contributed by atoms with Crippen molar-refractivity contribution in [1.29, 1.82) is 0 Å². The van der Waals surface area contributed by atoms with Crippen LogP contribution in [0.25, 0.3) is 21.3 Å². The first-order valence-electron chi connectivity index (χ1n) is 22.6. The maximum Gasteiger partial charge on any atom is 0.251 e. The van der Waals surface area contributed by atoms with E-state index < -0.39 is 64.7 Å². The molecule has 15 heteroatoms. The second kappa shape index (κ2) is 18.9. The number of aryl methyl sites for hydroxylation is 1. The van der Waals surface area contributed by atoms with E-state index in [-0.39, 0.29) is 55.6 Å². The average molecular weight is 935 g/mol. The number of fused-ring (bicyclic) bond motifs is 3. The summed E-state index contributed by atoms with van der Waals surface area (Å²) < 4.78 is 53.7. The van der Waals surface area contributed by atoms with Crippen LogP contribution in [0.2, 0.25) is 0 Å². The van der Waals surface area contributed by atoms with Crippen molar-refractivity contribution in [2.75, 3.05) is 13.1 Å². The van der Waals surface area contributed by atoms with Gasteiger partial charge in [-0.3, -0.25) is 19.3 Å². The van der Waals surface area contributed by atoms with E-state index in [1.54, 1.807) is 41.1 Å². The summed E-state index contributed by atoms with van der Waals surface area (Å²) in [7, 11) is 0. The highest BCUT2D eigenvalue weighted by atomic mass is 32.1. The molecule has 0 radical (unpaired) electrons. The Hall–Kier alpha value is -6.03. The molecular formula is C52H57F3N6O5S. The van der Waals surface area contributed by atoms with Gasteiger partial charge in [0.1, 0.15) is 41.7 Å². The van der Waals surface area contributed by atoms with E-state index in [0.717, 1.165) is 50.3 Å². The van der Waals surface area contributed by atoms with Crippen LogP contribution in [0.1, 0.15) is 98.0 Å². The summed E-state index contributed by atoms with van der Waals surface area (Å²) in [5, 5.41) is 17.4. The van der Waals surface area contributed by atoms with Crippen molar-refractivity contribution in [2.24, 2.45) is 5.41 Å². The number of ether oxygens (including phenoxy) is 1. The highest BCUT2D eigenvalue weighted by Crippen LogP contribution is 2.44. The number of para-hydroxylation sites is 1. The number of rotatable bonds is 13. The van der Waals surface area contributed by atoms with Crippen molar-refractivity contribution < 1.29 is 37.4 Å². The molecule has 8 rings (SSSR count). The number of halogens is 3. The fraction of sp³-hybridized carbons (Fsp3) is 0.385. The topological polar surface area (TPSA) is 140 Å². The van der Waals surface area contributed by atoms with Gasteiger partial charge in [0.05, 0.1) is 28.2 Å². The lowest BCUT2D eigenvalue weighted by atomic mass is 9.85. The SMILES string of the molecule is Cc1ncsc1-c1ccc(CNC(=O)[C@@H]2C[C@@H](O)CN2C(=O)C(NC(=O)c2ccc(COc3cc(F)c([C@@H]4c5[nH]c6ccccc6c5C[C@@H](C)N4CC(C)(C)F)c(F)c3)cc2)C(C)(C)C)cc1. The second-order valence-electron chi connectivity index (χ2n) is 19.5. The minimum atomic E-state index is -1.63. The summed E-state index contributed by atoms with van der Waals surface area (Å²) >= 11 is 1.56. The van der Waals surface area contributed by atoms with Crippen LogP contribution >= 0.6 is 11.3 Å². The van der Waals surface area contributed by atoms with E-state index in [2.05, 4.69) is 20.6 Å². The Balaban J connectivity index is 0.915. The zero-order valence-electron chi connectivity index (χ0n) is 38.8. The summed E-state index contributed by atoms with van der Waals surface area (Å²) in [5.41, 5.74) is 5.33. The Labute approximate surface area is 392 Å². The third-order valence-electron chi connectivity index (χ3n) is 12.7. The molecule has 2 aliphatic rings. The van der Waals surface area contributed by atoms with Crippen molar-refractivity contribution in [3.8, 4) is 16.2 Å². The average Bonchev–Trinajstić information content (AvgIpc) is 4.00. The van der Waals surface area contributed by atoms with Crippen LogP contribution in [0.4, 0.5) is 13.2 Å². The van der Waals surface area contributed by atoms with Crippen LogP contribution in [-0.2, 0) is 29.2 Å². The Morgan fingerprint density at radius 1 is 0.970 bits per heavy atom. The molecule has 11 nitrogen and oxygen atoms in total. The van der Waals surface area contributed by atoms with E-state index in [9.17, 15) is 19.5 Å². The molecule has 4 aromatic carbocycles. The summed E-state index contributed by atoms with van der Waals surface area (Å²) in [6, 6.07) is 21.1. The van der Waals surface area contributed by atoms with Crippen LogP contribution in [0.3, 0.4) is 0 Å². The number of aromatic amines is 1. The molecule has 0 saturated carbocycles. The van der Waals surface area contributed by atoms with Crippen LogP contribution in [0, 0.1) is 24.0 Å². The lowest BCUT2D eigenvalue weighted by molar-refractivity contribution is -0.142. The largest absolute Gasteiger partial charge is 0.489 e. The number of nitrogens with one attached hydrogen (secondary N) is 3. The van der Waals surface area contributed by atoms with Crippen LogP contribution in [0.5, 0.6) is 5.75 Å². The molecule has 67 heavy (non-hydrogen) atoms. The number of amides is 3. The number of hydrogen-bond donors (Lipinski definition) is 4. The molecule has 0 bridgehead atoms. The normalized spacial score (nSPS) is 19.3. The van der Waals surface area contributed by atoms with Gasteiger partial charge in [-0.2, -0.15) is 0 Å². The lowest BCUT2D eigenvalue weighted by Gasteiger charge is -2.43. The van der Waals surface area contributed by atoms with Gasteiger partial charge in [0.25, 0.3) is 5.91 Å². The molecule has 1 unspecified atom stereocenters. The fourth-order valence-electron chi connectivity index (χ4n) is 9.32. The molecular weight excluding hydrogens is 878 g/mol. The maximum atomic E-state index is 16.3. The number of hydrogen-bond acceptors (Lipinski definition) is 8. The van der Waals surface area contributed by atoms with Crippen molar-refractivity contribution in [3.05, 3.63) is 141 Å². The van der Waals surface area contributed by atoms with E-state index in [4.69, 9.17) is 4.74 Å². The number of alkyl halides is 1. The molecule has 3 amide bonds. The minimum Gasteiger partial charge on any atom is -0.489 e. The Bertz CT molecular complexity index is 2760. The molecule has 0 spiro atoms. The third kappa shape index (κ3) is 10.3. The molecule has 4 N–H and O–H groups in total. The summed E-state index contributed by atoms with van der Waals surface area (Å²) in [6.45, 7) is 12.3. The number of aromatic nitrogens is 2. The first kappa shape index (κ1) is 47.5. The quantitative estimate of drug-likeness (QED) is 0.0907. The number of aliphatic hydroxyl groups excluding tert-OH is 1. The smallest absolute Gasteiger partial charge is 0.251 e. The molecule has 1 fully saturated rings. The van der Waals surface area contributed by atoms with Gasteiger partial charge in [0.15, 0.2) is 0 Å². The van der Waals surface area contributed by atoms with Gasteiger partial charge in [-0.05, 0) is 80.0 Å². The van der Waals surface area contributed by atoms with Crippen LogP contribution < -0.4 is 15.4 Å². The zero-order valence-corrected chi connectivity index (χ0v) is 39.6. The van der Waals surface area contributed by atoms with Gasteiger partial charge in [-0.1, -0.05) is 75.4 Å². The highest BCUT2D eigenvalue weighted by molar-refractivity contribution is 7.13. The van der Waals surface area contributed by atoms with Crippen molar-refractivity contribution in [2.45, 2.75) is 110 Å². The van der Waals surface area contributed by atoms with Gasteiger partial charge < -0.3 is 30.4 Å². The van der Waals surface area contributed by atoms with Crippen LogP contribution in [0.15, 0.2) is 90.4 Å². The number of benzene rings is 4. The minimum absolute atomic E-state index is 0.0410. The molecule has 2 aromatic heterocycles. The molecule has 1 saturated heterocycles. The van der Waals surface area contributed by atoms with E-state index in [1.165, 1.54) is 18.7 Å². The zero-order chi connectivity index (χ0) is 47.9. The number of β-amino-alcohol motifs (C(OH)–C–C–N with tert-alkyl or cyclic N) is 1. The predicted molar refractivity (Wildman–Crippen MR) is 253 cm³/mol. The number of aliphatic hydroxyl groups is 1. The second-order valence-corrected chi connectivity index (χ2v) is 20.4. The van der Waals surface area contributed by atoms with Gasteiger partial charge in [0.2, 0.25) is 11.8 Å². The van der Waals surface area contributed by atoms with E-state index >= 15 is 13.2 Å². The fourth-order valence-corrected chi connectivity index (χ4v) is 10.1. The van der Waals surface area contributed by atoms with Gasteiger partial charge in [-0.15, -0.1) is 11.3 Å². The molecule has 6 aromatic rings. The Morgan fingerprint density at radius 2 is 1.64 bits per heavy atom. The molecule has 352 valence electrons. The highest BCUT2D eigenvalue weighted by Gasteiger charge is 2.45. The molecule has 0 aliphatic carbocycles. The first-order valence-corrected chi connectivity index (χ1v) is 23.4. The number of nitrogens with zero attached hydrogens (tertiary/aromatic N) is 3.